The van der Waals surface area contributed by atoms with E-state index in [0.717, 1.165) is 19.4 Å². The van der Waals surface area contributed by atoms with Crippen molar-refractivity contribution in [2.24, 2.45) is 0 Å². The molecular weight excluding hydrogens is 242 g/mol. The SMILES string of the molecule is Cc1c(Cc2ccccc2)sc2c1CN(O)CC2. The third kappa shape index (κ3) is 2.21. The monoisotopic (exact) mass is 259 g/mol. The first kappa shape index (κ1) is 11.9. The normalized spacial score (nSPS) is 15.7. The first-order valence-electron chi connectivity index (χ1n) is 6.32. The van der Waals surface area contributed by atoms with Crippen LogP contribution < -0.4 is 0 Å². The summed E-state index contributed by atoms with van der Waals surface area (Å²) >= 11 is 1.92. The molecule has 0 aliphatic carbocycles. The number of fused-ring (bicyclic) bond motifs is 1. The molecule has 1 aromatic heterocycles. The van der Waals surface area contributed by atoms with Gasteiger partial charge in [-0.05, 0) is 30.0 Å². The molecule has 0 unspecified atom stereocenters. The minimum Gasteiger partial charge on any atom is -0.314 e. The van der Waals surface area contributed by atoms with Crippen LogP contribution in [0.25, 0.3) is 0 Å². The van der Waals surface area contributed by atoms with Crippen molar-refractivity contribution < 1.29 is 5.21 Å². The van der Waals surface area contributed by atoms with Crippen molar-refractivity contribution >= 4 is 11.3 Å². The zero-order chi connectivity index (χ0) is 12.5. The summed E-state index contributed by atoms with van der Waals surface area (Å²) in [6.45, 7) is 3.64. The van der Waals surface area contributed by atoms with Crippen molar-refractivity contribution in [3.8, 4) is 0 Å². The van der Waals surface area contributed by atoms with Gasteiger partial charge in [-0.15, -0.1) is 11.3 Å². The van der Waals surface area contributed by atoms with Crippen molar-refractivity contribution in [3.05, 3.63) is 56.8 Å². The fraction of sp³-hybridized carbons (Fsp3) is 0.333. The van der Waals surface area contributed by atoms with Crippen molar-refractivity contribution in [1.82, 2.24) is 5.06 Å². The van der Waals surface area contributed by atoms with Gasteiger partial charge in [-0.1, -0.05) is 30.3 Å². The van der Waals surface area contributed by atoms with Crippen LogP contribution in [-0.2, 0) is 19.4 Å². The Morgan fingerprint density at radius 2 is 2.06 bits per heavy atom. The quantitative estimate of drug-likeness (QED) is 0.893. The summed E-state index contributed by atoms with van der Waals surface area (Å²) in [6, 6.07) is 10.6. The number of hydroxylamine groups is 2. The van der Waals surface area contributed by atoms with E-state index in [-0.39, 0.29) is 0 Å². The van der Waals surface area contributed by atoms with E-state index in [0.29, 0.717) is 6.54 Å². The first-order valence-corrected chi connectivity index (χ1v) is 7.13. The van der Waals surface area contributed by atoms with Crippen molar-refractivity contribution in [2.45, 2.75) is 26.3 Å². The summed E-state index contributed by atoms with van der Waals surface area (Å²) in [7, 11) is 0. The van der Waals surface area contributed by atoms with Gasteiger partial charge in [0.2, 0.25) is 0 Å². The van der Waals surface area contributed by atoms with E-state index in [2.05, 4.69) is 37.3 Å². The second kappa shape index (κ2) is 4.84. The molecule has 0 atom stereocenters. The van der Waals surface area contributed by atoms with Gasteiger partial charge in [0.15, 0.2) is 0 Å². The van der Waals surface area contributed by atoms with Crippen LogP contribution in [0.4, 0.5) is 0 Å². The lowest BCUT2D eigenvalue weighted by Gasteiger charge is -2.20. The van der Waals surface area contributed by atoms with Crippen LogP contribution >= 0.6 is 11.3 Å². The van der Waals surface area contributed by atoms with Gasteiger partial charge in [0.1, 0.15) is 0 Å². The van der Waals surface area contributed by atoms with E-state index in [4.69, 9.17) is 0 Å². The maximum absolute atomic E-state index is 9.62. The summed E-state index contributed by atoms with van der Waals surface area (Å²) < 4.78 is 0. The van der Waals surface area contributed by atoms with Crippen LogP contribution in [0.2, 0.25) is 0 Å². The predicted octanol–water partition coefficient (Wildman–Crippen LogP) is 3.39. The van der Waals surface area contributed by atoms with Crippen LogP contribution in [-0.4, -0.2) is 16.8 Å². The molecule has 2 aromatic rings. The Morgan fingerprint density at radius 3 is 2.83 bits per heavy atom. The fourth-order valence-electron chi connectivity index (χ4n) is 2.52. The van der Waals surface area contributed by atoms with Gasteiger partial charge in [-0.25, -0.2) is 0 Å². The van der Waals surface area contributed by atoms with Crippen LogP contribution in [0.3, 0.4) is 0 Å². The highest BCUT2D eigenvalue weighted by Gasteiger charge is 2.21. The Balaban J connectivity index is 1.90. The van der Waals surface area contributed by atoms with Gasteiger partial charge in [-0.2, -0.15) is 5.06 Å². The lowest BCUT2D eigenvalue weighted by molar-refractivity contribution is -0.103. The van der Waals surface area contributed by atoms with Gasteiger partial charge in [-0.3, -0.25) is 0 Å². The third-order valence-electron chi connectivity index (χ3n) is 3.60. The van der Waals surface area contributed by atoms with Gasteiger partial charge < -0.3 is 5.21 Å². The summed E-state index contributed by atoms with van der Waals surface area (Å²) in [6.07, 6.45) is 1.99. The first-order chi connectivity index (χ1) is 8.74. The van der Waals surface area contributed by atoms with Crippen molar-refractivity contribution in [2.75, 3.05) is 6.54 Å². The predicted molar refractivity (Wildman–Crippen MR) is 74.2 cm³/mol. The molecule has 0 saturated heterocycles. The average molecular weight is 259 g/mol. The Hall–Kier alpha value is -1.16. The average Bonchev–Trinajstić information content (AvgIpc) is 2.68. The number of hydrogen-bond donors (Lipinski definition) is 1. The largest absolute Gasteiger partial charge is 0.314 e. The molecule has 18 heavy (non-hydrogen) atoms. The lowest BCUT2D eigenvalue weighted by atomic mass is 10.0. The van der Waals surface area contributed by atoms with E-state index >= 15 is 0 Å². The standard InChI is InChI=1S/C15H17NOS/c1-11-13-10-16(17)8-7-14(13)18-15(11)9-12-5-3-2-4-6-12/h2-6,17H,7-10H2,1H3. The molecule has 1 aliphatic heterocycles. The zero-order valence-electron chi connectivity index (χ0n) is 10.5. The van der Waals surface area contributed by atoms with Crippen LogP contribution in [0.5, 0.6) is 0 Å². The highest BCUT2D eigenvalue weighted by Crippen LogP contribution is 2.33. The van der Waals surface area contributed by atoms with Gasteiger partial charge in [0, 0.05) is 22.7 Å². The Labute approximate surface area is 111 Å². The summed E-state index contributed by atoms with van der Waals surface area (Å²) in [5.41, 5.74) is 4.08. The number of nitrogens with zero attached hydrogens (tertiary/aromatic N) is 1. The molecule has 2 heterocycles. The number of rotatable bonds is 2. The maximum atomic E-state index is 9.62. The molecule has 2 nitrogen and oxygen atoms in total. The molecule has 0 bridgehead atoms. The Kier molecular flexibility index (Phi) is 3.20. The smallest absolute Gasteiger partial charge is 0.0502 e. The van der Waals surface area contributed by atoms with Gasteiger partial charge >= 0.3 is 0 Å². The zero-order valence-corrected chi connectivity index (χ0v) is 11.3. The topological polar surface area (TPSA) is 23.5 Å². The number of benzene rings is 1. The molecule has 0 saturated carbocycles. The van der Waals surface area contributed by atoms with E-state index in [1.54, 1.807) is 0 Å². The molecule has 0 spiro atoms. The highest BCUT2D eigenvalue weighted by atomic mass is 32.1. The van der Waals surface area contributed by atoms with Crippen molar-refractivity contribution in [3.63, 3.8) is 0 Å². The molecule has 1 N–H and O–H groups in total. The maximum Gasteiger partial charge on any atom is 0.0502 e. The number of hydrogen-bond acceptors (Lipinski definition) is 3. The molecule has 94 valence electrons. The molecule has 3 rings (SSSR count). The highest BCUT2D eigenvalue weighted by molar-refractivity contribution is 7.12. The van der Waals surface area contributed by atoms with Crippen molar-refractivity contribution in [1.29, 1.82) is 0 Å². The molecule has 1 aromatic carbocycles. The van der Waals surface area contributed by atoms with E-state index in [9.17, 15) is 5.21 Å². The van der Waals surface area contributed by atoms with E-state index < -0.39 is 0 Å². The molecule has 3 heteroatoms. The Morgan fingerprint density at radius 1 is 1.28 bits per heavy atom. The molecule has 0 fully saturated rings. The minimum atomic E-state index is 0.687. The second-order valence-corrected chi connectivity index (χ2v) is 6.04. The third-order valence-corrected chi connectivity index (χ3v) is 4.99. The van der Waals surface area contributed by atoms with Crippen LogP contribution in [0, 0.1) is 6.92 Å². The summed E-state index contributed by atoms with van der Waals surface area (Å²) in [4.78, 5) is 2.91. The number of thiophene rings is 1. The lowest BCUT2D eigenvalue weighted by Crippen LogP contribution is -2.26. The molecule has 1 aliphatic rings. The minimum absolute atomic E-state index is 0.687. The Bertz CT molecular complexity index is 547. The summed E-state index contributed by atoms with van der Waals surface area (Å²) in [5.74, 6) is 0. The van der Waals surface area contributed by atoms with Gasteiger partial charge in [0.25, 0.3) is 0 Å². The van der Waals surface area contributed by atoms with Gasteiger partial charge in [0.05, 0.1) is 6.54 Å². The molecule has 0 radical (unpaired) electrons. The van der Waals surface area contributed by atoms with Crippen LogP contribution in [0.15, 0.2) is 30.3 Å². The fourth-order valence-corrected chi connectivity index (χ4v) is 3.86. The van der Waals surface area contributed by atoms with E-state index in [1.165, 1.54) is 31.5 Å². The van der Waals surface area contributed by atoms with Crippen LogP contribution in [0.1, 0.15) is 26.4 Å². The van der Waals surface area contributed by atoms with E-state index in [1.807, 2.05) is 11.3 Å². The summed E-state index contributed by atoms with van der Waals surface area (Å²) in [5, 5.41) is 11.0. The molecular formula is C15H17NOS. The molecule has 0 amide bonds. The second-order valence-electron chi connectivity index (χ2n) is 4.85.